The second-order valence-electron chi connectivity index (χ2n) is 4.60. The lowest BCUT2D eigenvalue weighted by Crippen LogP contribution is -2.26. The average molecular weight is 299 g/mol. The van der Waals surface area contributed by atoms with E-state index in [0.717, 1.165) is 11.3 Å². The molecule has 0 fully saturated rings. The maximum Gasteiger partial charge on any atom is 0.253 e. The minimum absolute atomic E-state index is 0.0314. The van der Waals surface area contributed by atoms with Gasteiger partial charge in [0.15, 0.2) is 0 Å². The molecule has 0 atom stereocenters. The van der Waals surface area contributed by atoms with Crippen molar-refractivity contribution in [3.8, 4) is 5.69 Å². The molecular weight excluding hydrogens is 286 g/mol. The first-order chi connectivity index (χ1) is 10.2. The third-order valence-corrected chi connectivity index (χ3v) is 3.79. The fourth-order valence-electron chi connectivity index (χ4n) is 2.01. The van der Waals surface area contributed by atoms with Gasteiger partial charge in [-0.1, -0.05) is 6.07 Å². The van der Waals surface area contributed by atoms with Crippen LogP contribution in [-0.4, -0.2) is 38.1 Å². The average Bonchev–Trinajstić information content (AvgIpc) is 3.20. The Morgan fingerprint density at radius 2 is 2.29 bits per heavy atom. The molecule has 1 aromatic carbocycles. The van der Waals surface area contributed by atoms with Crippen LogP contribution in [0, 0.1) is 0 Å². The fourth-order valence-corrected chi connectivity index (χ4v) is 2.67. The van der Waals surface area contributed by atoms with Gasteiger partial charge < -0.3 is 4.90 Å². The monoisotopic (exact) mass is 299 g/mol. The van der Waals surface area contributed by atoms with Gasteiger partial charge in [0.1, 0.15) is 6.33 Å². The Labute approximate surface area is 125 Å². The van der Waals surface area contributed by atoms with Crippen molar-refractivity contribution in [3.05, 3.63) is 58.5 Å². The van der Waals surface area contributed by atoms with E-state index in [1.54, 1.807) is 35.4 Å². The molecule has 106 valence electrons. The van der Waals surface area contributed by atoms with E-state index < -0.39 is 0 Å². The van der Waals surface area contributed by atoms with Gasteiger partial charge in [0.25, 0.3) is 5.91 Å². The summed E-state index contributed by atoms with van der Waals surface area (Å²) in [7, 11) is 1.80. The number of thiophene rings is 1. The van der Waals surface area contributed by atoms with E-state index in [9.17, 15) is 4.79 Å². The van der Waals surface area contributed by atoms with E-state index in [1.807, 2.05) is 29.0 Å². The molecule has 0 saturated carbocycles. The van der Waals surface area contributed by atoms with E-state index >= 15 is 0 Å². The summed E-state index contributed by atoms with van der Waals surface area (Å²) in [6.45, 7) is 0.595. The standard InChI is InChI=1S/C14H13N5OS/c1-18(8-11-5-6-21-9-11)14(20)12-3-2-4-13(7-12)19-10-15-16-17-19/h2-7,9-10H,8H2,1H3. The number of carbonyl (C=O) groups is 1. The molecule has 3 aromatic rings. The molecule has 0 aliphatic rings. The highest BCUT2D eigenvalue weighted by Gasteiger charge is 2.13. The molecule has 1 amide bonds. The van der Waals surface area contributed by atoms with E-state index in [2.05, 4.69) is 15.5 Å². The van der Waals surface area contributed by atoms with Crippen LogP contribution in [0.5, 0.6) is 0 Å². The Bertz CT molecular complexity index is 724. The number of benzene rings is 1. The Kier molecular flexibility index (Phi) is 3.74. The van der Waals surface area contributed by atoms with Crippen LogP contribution in [-0.2, 0) is 6.54 Å². The lowest BCUT2D eigenvalue weighted by atomic mass is 10.1. The summed E-state index contributed by atoms with van der Waals surface area (Å²) in [5.74, 6) is -0.0314. The van der Waals surface area contributed by atoms with Crippen LogP contribution >= 0.6 is 11.3 Å². The highest BCUT2D eigenvalue weighted by Crippen LogP contribution is 2.13. The molecule has 6 nitrogen and oxygen atoms in total. The fraction of sp³-hybridized carbons (Fsp3) is 0.143. The third kappa shape index (κ3) is 2.97. The zero-order valence-electron chi connectivity index (χ0n) is 11.4. The Morgan fingerprint density at radius 3 is 3.00 bits per heavy atom. The minimum Gasteiger partial charge on any atom is -0.337 e. The first-order valence-electron chi connectivity index (χ1n) is 6.34. The zero-order chi connectivity index (χ0) is 14.7. The van der Waals surface area contributed by atoms with Gasteiger partial charge >= 0.3 is 0 Å². The molecule has 0 bridgehead atoms. The van der Waals surface area contributed by atoms with Gasteiger partial charge in [0.05, 0.1) is 5.69 Å². The van der Waals surface area contributed by atoms with Crippen molar-refractivity contribution >= 4 is 17.2 Å². The summed E-state index contributed by atoms with van der Waals surface area (Å²) in [6.07, 6.45) is 1.50. The largest absolute Gasteiger partial charge is 0.337 e. The van der Waals surface area contributed by atoms with Crippen LogP contribution in [0.4, 0.5) is 0 Å². The lowest BCUT2D eigenvalue weighted by molar-refractivity contribution is 0.0785. The van der Waals surface area contributed by atoms with Gasteiger partial charge in [-0.25, -0.2) is 4.68 Å². The molecule has 3 rings (SSSR count). The topological polar surface area (TPSA) is 63.9 Å². The molecular formula is C14H13N5OS. The van der Waals surface area contributed by atoms with Crippen LogP contribution in [0.2, 0.25) is 0 Å². The number of tetrazole rings is 1. The summed E-state index contributed by atoms with van der Waals surface area (Å²) >= 11 is 1.63. The van der Waals surface area contributed by atoms with E-state index in [4.69, 9.17) is 0 Å². The van der Waals surface area contributed by atoms with Crippen LogP contribution in [0.15, 0.2) is 47.4 Å². The highest BCUT2D eigenvalue weighted by molar-refractivity contribution is 7.07. The quantitative estimate of drug-likeness (QED) is 0.739. The second-order valence-corrected chi connectivity index (χ2v) is 5.38. The summed E-state index contributed by atoms with van der Waals surface area (Å²) in [4.78, 5) is 14.2. The molecule has 0 unspecified atom stereocenters. The molecule has 0 aliphatic heterocycles. The maximum atomic E-state index is 12.5. The Hall–Kier alpha value is -2.54. The molecule has 0 radical (unpaired) electrons. The first kappa shape index (κ1) is 13.4. The number of aromatic nitrogens is 4. The van der Waals surface area contributed by atoms with Crippen molar-refractivity contribution in [1.82, 2.24) is 25.1 Å². The third-order valence-electron chi connectivity index (χ3n) is 3.05. The van der Waals surface area contributed by atoms with Crippen LogP contribution in [0.1, 0.15) is 15.9 Å². The Morgan fingerprint density at radius 1 is 1.38 bits per heavy atom. The van der Waals surface area contributed by atoms with Gasteiger partial charge in [-0.2, -0.15) is 11.3 Å². The summed E-state index contributed by atoms with van der Waals surface area (Å²) in [6, 6.07) is 9.27. The number of rotatable bonds is 4. The van der Waals surface area contributed by atoms with Crippen molar-refractivity contribution in [2.45, 2.75) is 6.54 Å². The Balaban J connectivity index is 1.80. The normalized spacial score (nSPS) is 10.5. The molecule has 7 heteroatoms. The van der Waals surface area contributed by atoms with E-state index in [0.29, 0.717) is 12.1 Å². The van der Waals surface area contributed by atoms with Crippen molar-refractivity contribution in [1.29, 1.82) is 0 Å². The van der Waals surface area contributed by atoms with Crippen LogP contribution < -0.4 is 0 Å². The number of hydrogen-bond donors (Lipinski definition) is 0. The predicted molar refractivity (Wildman–Crippen MR) is 79.3 cm³/mol. The minimum atomic E-state index is -0.0314. The van der Waals surface area contributed by atoms with Gasteiger partial charge in [-0.15, -0.1) is 5.10 Å². The predicted octanol–water partition coefficient (Wildman–Crippen LogP) is 2.00. The second kappa shape index (κ2) is 5.84. The van der Waals surface area contributed by atoms with Crippen LogP contribution in [0.25, 0.3) is 5.69 Å². The molecule has 2 heterocycles. The molecule has 0 spiro atoms. The highest BCUT2D eigenvalue weighted by atomic mass is 32.1. The van der Waals surface area contributed by atoms with Crippen molar-refractivity contribution in [3.63, 3.8) is 0 Å². The number of amides is 1. The molecule has 0 saturated heterocycles. The molecule has 0 aliphatic carbocycles. The number of hydrogen-bond acceptors (Lipinski definition) is 5. The summed E-state index contributed by atoms with van der Waals surface area (Å²) < 4.78 is 1.52. The van der Waals surface area contributed by atoms with Crippen molar-refractivity contribution in [2.75, 3.05) is 7.05 Å². The number of nitrogens with zero attached hydrogens (tertiary/aromatic N) is 5. The van der Waals surface area contributed by atoms with Gasteiger partial charge in [0.2, 0.25) is 0 Å². The van der Waals surface area contributed by atoms with Crippen LogP contribution in [0.3, 0.4) is 0 Å². The van der Waals surface area contributed by atoms with Gasteiger partial charge in [-0.3, -0.25) is 4.79 Å². The molecule has 0 N–H and O–H groups in total. The summed E-state index contributed by atoms with van der Waals surface area (Å²) in [5.41, 5.74) is 2.50. The van der Waals surface area contributed by atoms with Gasteiger partial charge in [0, 0.05) is 19.2 Å². The number of carbonyl (C=O) groups excluding carboxylic acids is 1. The van der Waals surface area contributed by atoms with Crippen molar-refractivity contribution < 1.29 is 4.79 Å². The van der Waals surface area contributed by atoms with E-state index in [1.165, 1.54) is 11.0 Å². The molecule has 2 aromatic heterocycles. The lowest BCUT2D eigenvalue weighted by Gasteiger charge is -2.16. The molecule has 21 heavy (non-hydrogen) atoms. The van der Waals surface area contributed by atoms with E-state index in [-0.39, 0.29) is 5.91 Å². The van der Waals surface area contributed by atoms with Gasteiger partial charge in [-0.05, 0) is 51.0 Å². The summed E-state index contributed by atoms with van der Waals surface area (Å²) in [5, 5.41) is 15.1. The SMILES string of the molecule is CN(Cc1ccsc1)C(=O)c1cccc(-n2cnnn2)c1. The first-order valence-corrected chi connectivity index (χ1v) is 7.28. The smallest absolute Gasteiger partial charge is 0.253 e. The van der Waals surface area contributed by atoms with Crippen molar-refractivity contribution in [2.24, 2.45) is 0 Å². The zero-order valence-corrected chi connectivity index (χ0v) is 12.2. The maximum absolute atomic E-state index is 12.5.